The largest absolute Gasteiger partial charge is 0.339 e. The Labute approximate surface area is 116 Å². The number of rotatable bonds is 1. The highest BCUT2D eigenvalue weighted by Crippen LogP contribution is 2.16. The van der Waals surface area contributed by atoms with Crippen molar-refractivity contribution in [3.05, 3.63) is 57.6 Å². The van der Waals surface area contributed by atoms with E-state index in [9.17, 15) is 9.59 Å². The van der Waals surface area contributed by atoms with E-state index in [1.54, 1.807) is 12.3 Å². The fourth-order valence-electron chi connectivity index (χ4n) is 2.28. The van der Waals surface area contributed by atoms with Crippen molar-refractivity contribution in [1.29, 1.82) is 0 Å². The summed E-state index contributed by atoms with van der Waals surface area (Å²) in [4.78, 5) is 33.8. The third-order valence-electron chi connectivity index (χ3n) is 3.25. The van der Waals surface area contributed by atoms with Crippen molar-refractivity contribution >= 4 is 21.9 Å². The van der Waals surface area contributed by atoms with Gasteiger partial charge in [-0.3, -0.25) is 9.78 Å². The minimum Gasteiger partial charge on any atom is -0.339 e. The van der Waals surface area contributed by atoms with Gasteiger partial charge in [-0.05, 0) is 0 Å². The van der Waals surface area contributed by atoms with Crippen LogP contribution < -0.4 is 11.2 Å². The van der Waals surface area contributed by atoms with Crippen LogP contribution in [0.4, 0.5) is 0 Å². The number of benzene rings is 1. The standard InChI is InChI=1S/C13H8N6O2/c20-12-9-10(15-6-14-9)17-13(21)19(12)11-8-4-2-1-3-7(8)5-16-18-11/h1-6H,(H,14,15)(H,17,21). The molecule has 0 saturated carbocycles. The average Bonchev–Trinajstić information content (AvgIpc) is 2.96. The van der Waals surface area contributed by atoms with Crippen molar-refractivity contribution in [2.75, 3.05) is 0 Å². The molecule has 0 saturated heterocycles. The normalized spacial score (nSPS) is 11.2. The van der Waals surface area contributed by atoms with Crippen molar-refractivity contribution < 1.29 is 0 Å². The molecule has 21 heavy (non-hydrogen) atoms. The molecule has 0 aliphatic carbocycles. The first kappa shape index (κ1) is 11.5. The van der Waals surface area contributed by atoms with Crippen molar-refractivity contribution in [2.45, 2.75) is 0 Å². The second-order valence-electron chi connectivity index (χ2n) is 4.45. The number of imidazole rings is 1. The van der Waals surface area contributed by atoms with Gasteiger partial charge in [-0.15, -0.1) is 5.10 Å². The fourth-order valence-corrected chi connectivity index (χ4v) is 2.28. The van der Waals surface area contributed by atoms with Gasteiger partial charge in [-0.2, -0.15) is 5.10 Å². The number of aromatic amines is 2. The number of nitrogens with zero attached hydrogens (tertiary/aromatic N) is 4. The van der Waals surface area contributed by atoms with Gasteiger partial charge in [0.1, 0.15) is 5.52 Å². The molecule has 102 valence electrons. The zero-order valence-electron chi connectivity index (χ0n) is 10.6. The van der Waals surface area contributed by atoms with Crippen LogP contribution in [-0.4, -0.2) is 29.7 Å². The van der Waals surface area contributed by atoms with Crippen LogP contribution in [0.1, 0.15) is 0 Å². The smallest absolute Gasteiger partial charge is 0.336 e. The lowest BCUT2D eigenvalue weighted by Gasteiger charge is -2.05. The number of hydrogen-bond donors (Lipinski definition) is 2. The quantitative estimate of drug-likeness (QED) is 0.522. The van der Waals surface area contributed by atoms with E-state index in [0.29, 0.717) is 5.39 Å². The SMILES string of the molecule is O=c1[nH]c2nc[nH]c2c(=O)n1-c1nncc2ccccc12. The van der Waals surface area contributed by atoms with E-state index < -0.39 is 11.2 Å². The fraction of sp³-hybridized carbons (Fsp3) is 0. The first-order valence-electron chi connectivity index (χ1n) is 6.15. The van der Waals surface area contributed by atoms with E-state index in [2.05, 4.69) is 25.1 Å². The summed E-state index contributed by atoms with van der Waals surface area (Å²) in [7, 11) is 0. The number of fused-ring (bicyclic) bond motifs is 2. The topological polar surface area (TPSA) is 109 Å². The summed E-state index contributed by atoms with van der Waals surface area (Å²) >= 11 is 0. The number of hydrogen-bond acceptors (Lipinski definition) is 5. The molecule has 4 aromatic rings. The molecule has 0 amide bonds. The molecule has 4 rings (SSSR count). The first-order valence-corrected chi connectivity index (χ1v) is 6.15. The zero-order chi connectivity index (χ0) is 14.4. The average molecular weight is 280 g/mol. The Hall–Kier alpha value is -3.29. The van der Waals surface area contributed by atoms with Crippen LogP contribution in [0, 0.1) is 0 Å². The highest BCUT2D eigenvalue weighted by molar-refractivity contribution is 5.87. The van der Waals surface area contributed by atoms with E-state index in [1.165, 1.54) is 6.33 Å². The van der Waals surface area contributed by atoms with Gasteiger partial charge in [-0.25, -0.2) is 14.3 Å². The van der Waals surface area contributed by atoms with E-state index in [-0.39, 0.29) is 17.0 Å². The lowest BCUT2D eigenvalue weighted by atomic mass is 10.2. The molecule has 3 aromatic heterocycles. The van der Waals surface area contributed by atoms with Crippen LogP contribution in [0.2, 0.25) is 0 Å². The van der Waals surface area contributed by atoms with Crippen molar-refractivity contribution in [3.63, 3.8) is 0 Å². The van der Waals surface area contributed by atoms with Gasteiger partial charge in [0, 0.05) is 10.8 Å². The van der Waals surface area contributed by atoms with E-state index in [1.807, 2.05) is 18.2 Å². The number of aromatic nitrogens is 6. The highest BCUT2D eigenvalue weighted by Gasteiger charge is 2.14. The van der Waals surface area contributed by atoms with Gasteiger partial charge in [0.05, 0.1) is 12.5 Å². The van der Waals surface area contributed by atoms with Gasteiger partial charge in [0.2, 0.25) is 0 Å². The molecule has 1 aromatic carbocycles. The Bertz CT molecular complexity index is 1090. The predicted octanol–water partition coefficient (Wildman–Crippen LogP) is 0.345. The molecule has 0 aliphatic rings. The van der Waals surface area contributed by atoms with Crippen LogP contribution >= 0.6 is 0 Å². The van der Waals surface area contributed by atoms with Crippen LogP contribution in [-0.2, 0) is 0 Å². The predicted molar refractivity (Wildman–Crippen MR) is 75.4 cm³/mol. The third-order valence-corrected chi connectivity index (χ3v) is 3.25. The van der Waals surface area contributed by atoms with Gasteiger partial charge >= 0.3 is 5.69 Å². The van der Waals surface area contributed by atoms with Gasteiger partial charge in [-0.1, -0.05) is 24.3 Å². The summed E-state index contributed by atoms with van der Waals surface area (Å²) in [6.45, 7) is 0. The molecule has 3 heterocycles. The second-order valence-corrected chi connectivity index (χ2v) is 4.45. The summed E-state index contributed by atoms with van der Waals surface area (Å²) in [5, 5.41) is 9.26. The maximum Gasteiger partial charge on any atom is 0.336 e. The summed E-state index contributed by atoms with van der Waals surface area (Å²) in [5.41, 5.74) is -0.694. The molecule has 2 N–H and O–H groups in total. The monoisotopic (exact) mass is 280 g/mol. The number of H-pyrrole nitrogens is 2. The van der Waals surface area contributed by atoms with E-state index >= 15 is 0 Å². The number of nitrogens with one attached hydrogen (secondary N) is 2. The molecular weight excluding hydrogens is 272 g/mol. The Morgan fingerprint density at radius 2 is 2.00 bits per heavy atom. The van der Waals surface area contributed by atoms with Crippen molar-refractivity contribution in [3.8, 4) is 5.82 Å². The van der Waals surface area contributed by atoms with Crippen LogP contribution in [0.3, 0.4) is 0 Å². The molecule has 0 radical (unpaired) electrons. The lowest BCUT2D eigenvalue weighted by Crippen LogP contribution is -2.34. The first-order chi connectivity index (χ1) is 10.3. The Kier molecular flexibility index (Phi) is 2.25. The molecule has 0 spiro atoms. The van der Waals surface area contributed by atoms with Gasteiger partial charge in [0.25, 0.3) is 5.56 Å². The molecule has 0 fully saturated rings. The maximum atomic E-state index is 12.5. The summed E-state index contributed by atoms with van der Waals surface area (Å²) < 4.78 is 0.954. The lowest BCUT2D eigenvalue weighted by molar-refractivity contribution is 0.841. The third kappa shape index (κ3) is 1.59. The van der Waals surface area contributed by atoms with Crippen LogP contribution in [0.5, 0.6) is 0 Å². The summed E-state index contributed by atoms with van der Waals surface area (Å²) in [6.07, 6.45) is 2.92. The van der Waals surface area contributed by atoms with Crippen LogP contribution in [0.25, 0.3) is 27.8 Å². The van der Waals surface area contributed by atoms with Crippen molar-refractivity contribution in [2.24, 2.45) is 0 Å². The molecule has 0 aliphatic heterocycles. The molecule has 8 heteroatoms. The molecule has 0 bridgehead atoms. The Morgan fingerprint density at radius 3 is 2.90 bits per heavy atom. The molecule has 0 unspecified atom stereocenters. The van der Waals surface area contributed by atoms with Gasteiger partial charge in [0.15, 0.2) is 11.5 Å². The maximum absolute atomic E-state index is 12.5. The minimum absolute atomic E-state index is 0.191. The van der Waals surface area contributed by atoms with E-state index in [4.69, 9.17) is 0 Å². The Morgan fingerprint density at radius 1 is 1.14 bits per heavy atom. The second kappa shape index (κ2) is 4.10. The summed E-state index contributed by atoms with van der Waals surface area (Å²) in [6, 6.07) is 7.27. The molecular formula is C13H8N6O2. The van der Waals surface area contributed by atoms with Gasteiger partial charge < -0.3 is 4.98 Å². The molecule has 0 atom stereocenters. The van der Waals surface area contributed by atoms with Crippen molar-refractivity contribution in [1.82, 2.24) is 29.7 Å². The Balaban J connectivity index is 2.19. The van der Waals surface area contributed by atoms with E-state index in [0.717, 1.165) is 9.95 Å². The highest BCUT2D eigenvalue weighted by atomic mass is 16.2. The van der Waals surface area contributed by atoms with Crippen LogP contribution in [0.15, 0.2) is 46.4 Å². The minimum atomic E-state index is -0.606. The zero-order valence-corrected chi connectivity index (χ0v) is 10.6. The summed E-state index contributed by atoms with van der Waals surface area (Å²) in [5.74, 6) is 0.191. The molecule has 8 nitrogen and oxygen atoms in total.